The topological polar surface area (TPSA) is 0 Å². The van der Waals surface area contributed by atoms with Gasteiger partial charge >= 0.3 is 0 Å². The summed E-state index contributed by atoms with van der Waals surface area (Å²) in [7, 11) is 0. The molecule has 0 unspecified atom stereocenters. The third kappa shape index (κ3) is 4.44. The highest BCUT2D eigenvalue weighted by atomic mass is 14.4. The van der Waals surface area contributed by atoms with Crippen molar-refractivity contribution in [3.63, 3.8) is 0 Å². The van der Waals surface area contributed by atoms with E-state index in [9.17, 15) is 0 Å². The quantitative estimate of drug-likeness (QED) is 0.166. The number of fused-ring (bicyclic) bond motifs is 8. The van der Waals surface area contributed by atoms with E-state index in [0.717, 1.165) is 0 Å². The maximum absolute atomic E-state index is 2.60. The lowest BCUT2D eigenvalue weighted by Gasteiger charge is -2.23. The number of hydrogen-bond donors (Lipinski definition) is 0. The summed E-state index contributed by atoms with van der Waals surface area (Å²) < 4.78 is 0. The Kier molecular flexibility index (Phi) is 6.92. The summed E-state index contributed by atoms with van der Waals surface area (Å²) in [4.78, 5) is 0. The Morgan fingerprint density at radius 2 is 0.579 bits per heavy atom. The highest BCUT2D eigenvalue weighted by Crippen LogP contribution is 2.65. The van der Waals surface area contributed by atoms with Gasteiger partial charge in [-0.2, -0.15) is 0 Å². The Hall–Kier alpha value is -7.02. The minimum Gasteiger partial charge on any atom is -0.0622 e. The maximum Gasteiger partial charge on any atom is -0.000453 e. The first kappa shape index (κ1) is 32.2. The van der Waals surface area contributed by atoms with E-state index in [1.807, 2.05) is 0 Å². The molecule has 10 aromatic carbocycles. The van der Waals surface area contributed by atoms with Crippen LogP contribution in [0.3, 0.4) is 0 Å². The Balaban J connectivity index is 1.32. The van der Waals surface area contributed by atoms with E-state index < -0.39 is 0 Å². The summed E-state index contributed by atoms with van der Waals surface area (Å²) >= 11 is 0. The third-order valence-electron chi connectivity index (χ3n) is 12.7. The monoisotopic (exact) mass is 722 g/mol. The minimum atomic E-state index is 0.289. The number of rotatable bonds is 5. The predicted molar refractivity (Wildman–Crippen MR) is 244 cm³/mol. The van der Waals surface area contributed by atoms with Crippen molar-refractivity contribution in [2.45, 2.75) is 19.8 Å². The van der Waals surface area contributed by atoms with Gasteiger partial charge in [0.15, 0.2) is 0 Å². The molecule has 0 aliphatic heterocycles. The van der Waals surface area contributed by atoms with E-state index in [4.69, 9.17) is 0 Å². The average molecular weight is 723 g/mol. The molecule has 0 nitrogen and oxygen atoms in total. The molecule has 0 N–H and O–H groups in total. The summed E-state index contributed by atoms with van der Waals surface area (Å²) in [5, 5.41) is 7.94. The molecule has 266 valence electrons. The van der Waals surface area contributed by atoms with E-state index in [1.54, 1.807) is 0 Å². The van der Waals surface area contributed by atoms with Crippen molar-refractivity contribution in [2.75, 3.05) is 0 Å². The first-order valence-corrected chi connectivity index (χ1v) is 20.2. The second-order valence-electron chi connectivity index (χ2n) is 16.0. The fourth-order valence-electron chi connectivity index (χ4n) is 10.5. The van der Waals surface area contributed by atoms with Gasteiger partial charge in [-0.3, -0.25) is 0 Å². The fraction of sp³-hybridized carbons (Fsp3) is 0.0526. The first-order chi connectivity index (χ1) is 28.2. The molecule has 0 heterocycles. The Bertz CT molecular complexity index is 3200. The van der Waals surface area contributed by atoms with Crippen LogP contribution in [0.2, 0.25) is 0 Å². The van der Waals surface area contributed by atoms with Crippen LogP contribution in [-0.2, 0) is 0 Å². The largest absolute Gasteiger partial charge is 0.0622 e. The molecular weight excluding hydrogens is 685 g/mol. The molecular formula is C57H38. The van der Waals surface area contributed by atoms with Gasteiger partial charge in [0.2, 0.25) is 0 Å². The molecule has 0 saturated heterocycles. The van der Waals surface area contributed by atoms with Crippen molar-refractivity contribution in [1.29, 1.82) is 0 Å². The molecule has 2 aliphatic carbocycles. The summed E-state index contributed by atoms with van der Waals surface area (Å²) in [6, 6.07) is 70.1. The van der Waals surface area contributed by atoms with Crippen molar-refractivity contribution < 1.29 is 0 Å². The molecule has 2 aliphatic rings. The predicted octanol–water partition coefficient (Wildman–Crippen LogP) is 16.2. The van der Waals surface area contributed by atoms with Crippen molar-refractivity contribution in [3.8, 4) is 89.0 Å². The highest BCUT2D eigenvalue weighted by molar-refractivity contribution is 6.35. The molecule has 57 heavy (non-hydrogen) atoms. The Labute approximate surface area is 333 Å². The Morgan fingerprint density at radius 1 is 0.263 bits per heavy atom. The lowest BCUT2D eigenvalue weighted by molar-refractivity contribution is 0.872. The van der Waals surface area contributed by atoms with Gasteiger partial charge in [-0.05, 0) is 139 Å². The molecule has 0 heteroatoms. The fourth-order valence-corrected chi connectivity index (χ4v) is 10.5. The zero-order valence-corrected chi connectivity index (χ0v) is 32.0. The average Bonchev–Trinajstić information content (AvgIpc) is 3.78. The smallest absolute Gasteiger partial charge is 0.000453 e. The van der Waals surface area contributed by atoms with E-state index in [0.29, 0.717) is 0 Å². The van der Waals surface area contributed by atoms with E-state index in [-0.39, 0.29) is 5.92 Å². The molecule has 0 amide bonds. The van der Waals surface area contributed by atoms with Crippen LogP contribution in [0.15, 0.2) is 188 Å². The SMILES string of the molecule is CC(C)c1cc2c3c(ccc4c3c1-c1c-4c(-c3ccccc3)c3ccccc3c1-c1ccccc1)-c1c-2c(-c2ccccc2)c2ccccc2c1-c1ccccc1. The van der Waals surface area contributed by atoms with E-state index in [2.05, 4.69) is 202 Å². The molecule has 12 rings (SSSR count). The van der Waals surface area contributed by atoms with Crippen molar-refractivity contribution in [1.82, 2.24) is 0 Å². The maximum atomic E-state index is 2.60. The van der Waals surface area contributed by atoms with Crippen LogP contribution >= 0.6 is 0 Å². The molecule has 0 spiro atoms. The van der Waals surface area contributed by atoms with Crippen LogP contribution in [0.1, 0.15) is 25.3 Å². The number of benzene rings is 10. The van der Waals surface area contributed by atoms with Gasteiger partial charge in [0.05, 0.1) is 0 Å². The van der Waals surface area contributed by atoms with Crippen molar-refractivity contribution in [3.05, 3.63) is 194 Å². The zero-order valence-electron chi connectivity index (χ0n) is 32.0. The molecule has 0 aromatic heterocycles. The molecule has 0 saturated carbocycles. The van der Waals surface area contributed by atoms with Crippen LogP contribution in [-0.4, -0.2) is 0 Å². The highest BCUT2D eigenvalue weighted by Gasteiger charge is 2.38. The third-order valence-corrected chi connectivity index (χ3v) is 12.7. The van der Waals surface area contributed by atoms with Gasteiger partial charge in [0.25, 0.3) is 0 Å². The van der Waals surface area contributed by atoms with Gasteiger partial charge in [-0.1, -0.05) is 196 Å². The van der Waals surface area contributed by atoms with Gasteiger partial charge in [0.1, 0.15) is 0 Å². The lowest BCUT2D eigenvalue weighted by atomic mass is 9.80. The minimum absolute atomic E-state index is 0.289. The van der Waals surface area contributed by atoms with E-state index >= 15 is 0 Å². The van der Waals surface area contributed by atoms with Crippen LogP contribution in [0, 0.1) is 0 Å². The zero-order chi connectivity index (χ0) is 37.8. The first-order valence-electron chi connectivity index (χ1n) is 20.2. The molecule has 0 fully saturated rings. The summed E-state index contributed by atoms with van der Waals surface area (Å²) in [6.07, 6.45) is 0. The standard InChI is InChI=1S/C57H38/c1-34(2)45-33-46-51-43(52-47(35-19-7-3-8-20-35)39-27-15-16-28-40(39)49(56(46)52)37-23-11-5-12-24-37)31-32-44-53-48(36-21-9-4-10-22-36)41-29-17-18-30-42(41)50(38-25-13-6-14-26-38)57(53)55(45)54(44)51/h3-34H,1-2H3. The van der Waals surface area contributed by atoms with Crippen molar-refractivity contribution >= 4 is 32.3 Å². The van der Waals surface area contributed by atoms with Gasteiger partial charge in [-0.15, -0.1) is 0 Å². The van der Waals surface area contributed by atoms with Crippen LogP contribution in [0.4, 0.5) is 0 Å². The van der Waals surface area contributed by atoms with E-state index in [1.165, 1.54) is 127 Å². The van der Waals surface area contributed by atoms with Gasteiger partial charge in [0, 0.05) is 0 Å². The van der Waals surface area contributed by atoms with Gasteiger partial charge < -0.3 is 0 Å². The van der Waals surface area contributed by atoms with Crippen molar-refractivity contribution in [2.24, 2.45) is 0 Å². The number of hydrogen-bond acceptors (Lipinski definition) is 0. The summed E-state index contributed by atoms with van der Waals surface area (Å²) in [5.41, 5.74) is 22.5. The second-order valence-corrected chi connectivity index (χ2v) is 16.0. The lowest BCUT2D eigenvalue weighted by Crippen LogP contribution is -1.97. The molecule has 10 aromatic rings. The van der Waals surface area contributed by atoms with Gasteiger partial charge in [-0.25, -0.2) is 0 Å². The summed E-state index contributed by atoms with van der Waals surface area (Å²) in [6.45, 7) is 4.77. The van der Waals surface area contributed by atoms with Crippen LogP contribution < -0.4 is 0 Å². The summed E-state index contributed by atoms with van der Waals surface area (Å²) in [5.74, 6) is 0.289. The molecule has 0 bridgehead atoms. The Morgan fingerprint density at radius 3 is 0.965 bits per heavy atom. The van der Waals surface area contributed by atoms with Crippen LogP contribution in [0.5, 0.6) is 0 Å². The normalized spacial score (nSPS) is 12.2. The molecule has 0 radical (unpaired) electrons. The second kappa shape index (κ2) is 12.2. The van der Waals surface area contributed by atoms with Crippen LogP contribution in [0.25, 0.3) is 121 Å². The molecule has 0 atom stereocenters.